The van der Waals surface area contributed by atoms with Crippen LogP contribution in [0, 0.1) is 0 Å². The second kappa shape index (κ2) is 18.3. The Morgan fingerprint density at radius 1 is 0.303 bits per heavy atom. The average Bonchev–Trinajstić information content (AvgIpc) is 3.40. The van der Waals surface area contributed by atoms with Gasteiger partial charge in [-0.05, 0) is 140 Å². The van der Waals surface area contributed by atoms with E-state index in [1.807, 2.05) is 0 Å². The summed E-state index contributed by atoms with van der Waals surface area (Å²) in [4.78, 5) is 4.75. The number of benzene rings is 10. The first kappa shape index (κ1) is 40.3. The fourth-order valence-corrected chi connectivity index (χ4v) is 9.37. The van der Waals surface area contributed by atoms with Gasteiger partial charge in [0.05, 0.1) is 0 Å². The Balaban J connectivity index is 0.970. The predicted octanol–water partition coefficient (Wildman–Crippen LogP) is 17.7. The fourth-order valence-electron chi connectivity index (χ4n) is 9.37. The van der Waals surface area contributed by atoms with Gasteiger partial charge in [0.1, 0.15) is 0 Å². The zero-order valence-electron chi connectivity index (χ0n) is 36.7. The number of hydrogen-bond donors (Lipinski definition) is 0. The lowest BCUT2D eigenvalue weighted by Crippen LogP contribution is -2.17. The molecule has 10 aromatic rings. The third kappa shape index (κ3) is 8.36. The summed E-state index contributed by atoms with van der Waals surface area (Å²) < 4.78 is 0. The van der Waals surface area contributed by atoms with E-state index in [2.05, 4.69) is 283 Å². The molecule has 66 heavy (non-hydrogen) atoms. The third-order valence-electron chi connectivity index (χ3n) is 12.8. The molecule has 10 aromatic carbocycles. The van der Waals surface area contributed by atoms with Gasteiger partial charge in [0.25, 0.3) is 0 Å². The summed E-state index contributed by atoms with van der Waals surface area (Å²) in [5.41, 5.74) is 17.5. The zero-order valence-corrected chi connectivity index (χ0v) is 36.7. The molecule has 0 radical (unpaired) electrons. The highest BCUT2D eigenvalue weighted by Crippen LogP contribution is 2.43. The Bertz CT molecular complexity index is 3280. The van der Waals surface area contributed by atoms with Crippen LogP contribution in [0.2, 0.25) is 0 Å². The van der Waals surface area contributed by atoms with Crippen molar-refractivity contribution in [3.05, 3.63) is 284 Å². The van der Waals surface area contributed by atoms with Gasteiger partial charge in [-0.1, -0.05) is 200 Å². The largest absolute Gasteiger partial charge is 0.311 e. The van der Waals surface area contributed by atoms with Crippen LogP contribution in [0.1, 0.15) is 17.9 Å². The molecule has 0 spiro atoms. The maximum Gasteiger partial charge on any atom is 0.0468 e. The maximum atomic E-state index is 2.38. The molecule has 0 saturated heterocycles. The molecule has 0 N–H and O–H groups in total. The molecule has 0 fully saturated rings. The average molecular weight is 845 g/mol. The monoisotopic (exact) mass is 844 g/mol. The molecule has 0 bridgehead atoms. The summed E-state index contributed by atoms with van der Waals surface area (Å²) in [6.45, 7) is 0. The second-order valence-electron chi connectivity index (χ2n) is 16.9. The Labute approximate surface area is 388 Å². The predicted molar refractivity (Wildman–Crippen MR) is 280 cm³/mol. The quantitative estimate of drug-likeness (QED) is 0.128. The van der Waals surface area contributed by atoms with Crippen molar-refractivity contribution in [2.45, 2.75) is 12.3 Å². The number of nitrogens with zero attached hydrogens (tertiary/aromatic N) is 2. The maximum absolute atomic E-state index is 2.38. The van der Waals surface area contributed by atoms with Crippen molar-refractivity contribution < 1.29 is 0 Å². The van der Waals surface area contributed by atoms with Crippen LogP contribution in [-0.4, -0.2) is 0 Å². The Morgan fingerprint density at radius 2 is 0.758 bits per heavy atom. The number of rotatable bonds is 11. The third-order valence-corrected chi connectivity index (χ3v) is 12.8. The van der Waals surface area contributed by atoms with Gasteiger partial charge in [-0.3, -0.25) is 0 Å². The lowest BCUT2D eigenvalue weighted by molar-refractivity contribution is 0.840. The van der Waals surface area contributed by atoms with Crippen molar-refractivity contribution in [2.75, 3.05) is 9.80 Å². The minimum absolute atomic E-state index is 0.369. The van der Waals surface area contributed by atoms with E-state index < -0.39 is 0 Å². The minimum atomic E-state index is 0.369. The molecule has 314 valence electrons. The Kier molecular flexibility index (Phi) is 11.2. The van der Waals surface area contributed by atoms with E-state index in [-0.39, 0.29) is 0 Å². The summed E-state index contributed by atoms with van der Waals surface area (Å²) in [7, 11) is 0. The van der Waals surface area contributed by atoms with Crippen LogP contribution in [0.5, 0.6) is 0 Å². The van der Waals surface area contributed by atoms with Gasteiger partial charge in [-0.15, -0.1) is 0 Å². The first-order valence-electron chi connectivity index (χ1n) is 22.9. The van der Waals surface area contributed by atoms with E-state index in [9.17, 15) is 0 Å². The number of fused-ring (bicyclic) bond motifs is 1. The first-order chi connectivity index (χ1) is 32.7. The molecule has 1 atom stereocenters. The van der Waals surface area contributed by atoms with Crippen LogP contribution >= 0.6 is 0 Å². The molecular formula is C64H48N2. The normalized spacial score (nSPS) is 13.3. The van der Waals surface area contributed by atoms with Crippen molar-refractivity contribution in [1.29, 1.82) is 0 Å². The van der Waals surface area contributed by atoms with Gasteiger partial charge in [-0.2, -0.15) is 0 Å². The highest BCUT2D eigenvalue weighted by molar-refractivity contribution is 5.91. The standard InChI is InChI=1S/C64H48N2/c1-5-15-47(16-6-1)50-27-35-58(36-28-50)65(57-23-11-4-12-24-57)59-41-33-54(34-42-59)63-44-43-62(46-64(63)53-20-9-3-10-21-53)66(60-37-29-51(30-38-60)48-17-7-2-8-18-48)61-39-31-52(32-40-61)56-26-25-49-19-13-14-22-55(49)45-56/h1-27,29-46,50H,28H2. The number of hydrogen-bond acceptors (Lipinski definition) is 2. The van der Waals surface area contributed by atoms with Crippen LogP contribution in [0.3, 0.4) is 0 Å². The van der Waals surface area contributed by atoms with Crippen molar-refractivity contribution in [3.8, 4) is 44.5 Å². The minimum Gasteiger partial charge on any atom is -0.311 e. The van der Waals surface area contributed by atoms with Crippen molar-refractivity contribution >= 4 is 39.2 Å². The van der Waals surface area contributed by atoms with Gasteiger partial charge < -0.3 is 9.80 Å². The van der Waals surface area contributed by atoms with Crippen molar-refractivity contribution in [2.24, 2.45) is 0 Å². The summed E-state index contributed by atoms with van der Waals surface area (Å²) in [6.07, 6.45) is 7.96. The van der Waals surface area contributed by atoms with Crippen molar-refractivity contribution in [1.82, 2.24) is 0 Å². The zero-order chi connectivity index (χ0) is 44.1. The smallest absolute Gasteiger partial charge is 0.0468 e. The van der Waals surface area contributed by atoms with Gasteiger partial charge in [0.2, 0.25) is 0 Å². The van der Waals surface area contributed by atoms with Crippen LogP contribution < -0.4 is 9.80 Å². The SMILES string of the molecule is C1=CC(c2ccccc2)CC=C1N(c1ccccc1)c1ccc(-c2ccc(N(c3ccc(-c4ccccc4)cc3)c3ccc(-c4ccc5ccccc5c4)cc3)cc2-c2ccccc2)cc1. The van der Waals surface area contributed by atoms with Crippen LogP contribution in [-0.2, 0) is 0 Å². The van der Waals surface area contributed by atoms with Gasteiger partial charge in [0, 0.05) is 40.1 Å². The summed E-state index contributed by atoms with van der Waals surface area (Å²) >= 11 is 0. The number of anilines is 5. The van der Waals surface area contributed by atoms with E-state index in [0.29, 0.717) is 5.92 Å². The molecule has 1 aliphatic carbocycles. The second-order valence-corrected chi connectivity index (χ2v) is 16.9. The molecule has 0 amide bonds. The summed E-state index contributed by atoms with van der Waals surface area (Å²) in [5, 5.41) is 2.49. The molecule has 1 aliphatic rings. The van der Waals surface area contributed by atoms with E-state index in [4.69, 9.17) is 0 Å². The van der Waals surface area contributed by atoms with Gasteiger partial charge >= 0.3 is 0 Å². The van der Waals surface area contributed by atoms with Gasteiger partial charge in [-0.25, -0.2) is 0 Å². The van der Waals surface area contributed by atoms with Crippen LogP contribution in [0.25, 0.3) is 55.3 Å². The lowest BCUT2D eigenvalue weighted by atomic mass is 9.91. The highest BCUT2D eigenvalue weighted by Gasteiger charge is 2.20. The van der Waals surface area contributed by atoms with E-state index >= 15 is 0 Å². The molecule has 0 heterocycles. The summed E-state index contributed by atoms with van der Waals surface area (Å²) in [5.74, 6) is 0.369. The molecule has 0 saturated carbocycles. The lowest BCUT2D eigenvalue weighted by Gasteiger charge is -2.29. The summed E-state index contributed by atoms with van der Waals surface area (Å²) in [6, 6.07) is 92.1. The van der Waals surface area contributed by atoms with E-state index in [1.165, 1.54) is 61.0 Å². The molecule has 1 unspecified atom stereocenters. The number of allylic oxidation sites excluding steroid dienone is 3. The molecule has 11 rings (SSSR count). The van der Waals surface area contributed by atoms with Gasteiger partial charge in [0.15, 0.2) is 0 Å². The highest BCUT2D eigenvalue weighted by atomic mass is 15.1. The van der Waals surface area contributed by atoms with E-state index in [0.717, 1.165) is 40.4 Å². The molecule has 0 aliphatic heterocycles. The van der Waals surface area contributed by atoms with Crippen LogP contribution in [0.15, 0.2) is 279 Å². The number of para-hydroxylation sites is 1. The Morgan fingerprint density at radius 3 is 1.38 bits per heavy atom. The topological polar surface area (TPSA) is 6.48 Å². The molecule has 2 nitrogen and oxygen atoms in total. The molecular weight excluding hydrogens is 797 g/mol. The van der Waals surface area contributed by atoms with E-state index in [1.54, 1.807) is 0 Å². The van der Waals surface area contributed by atoms with Crippen molar-refractivity contribution in [3.63, 3.8) is 0 Å². The molecule has 0 aromatic heterocycles. The fraction of sp³-hybridized carbons (Fsp3) is 0.0312. The van der Waals surface area contributed by atoms with Crippen LogP contribution in [0.4, 0.5) is 28.4 Å². The molecule has 2 heteroatoms. The first-order valence-corrected chi connectivity index (χ1v) is 22.9. The Hall–Kier alpha value is -8.46.